The van der Waals surface area contributed by atoms with Crippen LogP contribution in [0.3, 0.4) is 0 Å². The fraction of sp³-hybridized carbons (Fsp3) is 0.647. The molecule has 0 spiro atoms. The molecule has 0 aliphatic carbocycles. The second-order valence-corrected chi connectivity index (χ2v) is 6.10. The second kappa shape index (κ2) is 6.59. The van der Waals surface area contributed by atoms with Gasteiger partial charge in [0.05, 0.1) is 6.10 Å². The van der Waals surface area contributed by atoms with Crippen LogP contribution in [0.25, 0.3) is 0 Å². The first-order chi connectivity index (χ1) is 9.85. The summed E-state index contributed by atoms with van der Waals surface area (Å²) >= 11 is 0. The van der Waals surface area contributed by atoms with Gasteiger partial charge in [-0.1, -0.05) is 25.1 Å². The second-order valence-electron chi connectivity index (χ2n) is 6.10. The molecular formula is C17H26N2O. The monoisotopic (exact) mass is 274 g/mol. The maximum absolute atomic E-state index is 5.77. The van der Waals surface area contributed by atoms with Crippen LogP contribution in [0.15, 0.2) is 24.3 Å². The van der Waals surface area contributed by atoms with E-state index in [-0.39, 0.29) is 0 Å². The smallest absolute Gasteiger partial charge is 0.0702 e. The van der Waals surface area contributed by atoms with Crippen LogP contribution >= 0.6 is 0 Å². The van der Waals surface area contributed by atoms with Crippen LogP contribution in [0.5, 0.6) is 0 Å². The van der Waals surface area contributed by atoms with Crippen LogP contribution in [0.1, 0.15) is 25.3 Å². The van der Waals surface area contributed by atoms with Crippen molar-refractivity contribution in [3.8, 4) is 0 Å². The molecule has 1 fully saturated rings. The highest BCUT2D eigenvalue weighted by molar-refractivity contribution is 5.53. The van der Waals surface area contributed by atoms with Gasteiger partial charge < -0.3 is 15.0 Å². The van der Waals surface area contributed by atoms with Gasteiger partial charge in [0.25, 0.3) is 0 Å². The molecule has 110 valence electrons. The van der Waals surface area contributed by atoms with E-state index in [1.54, 1.807) is 0 Å². The Hall–Kier alpha value is -1.06. The Morgan fingerprint density at radius 2 is 2.20 bits per heavy atom. The Kier molecular flexibility index (Phi) is 4.58. The average Bonchev–Trinajstić information content (AvgIpc) is 2.99. The van der Waals surface area contributed by atoms with E-state index < -0.39 is 0 Å². The number of anilines is 1. The summed E-state index contributed by atoms with van der Waals surface area (Å²) in [7, 11) is 0. The van der Waals surface area contributed by atoms with E-state index in [0.717, 1.165) is 26.2 Å². The maximum atomic E-state index is 5.77. The molecule has 1 saturated heterocycles. The predicted molar refractivity (Wildman–Crippen MR) is 83.2 cm³/mol. The van der Waals surface area contributed by atoms with E-state index in [2.05, 4.69) is 41.4 Å². The number of hydrogen-bond acceptors (Lipinski definition) is 3. The summed E-state index contributed by atoms with van der Waals surface area (Å²) in [6.07, 6.45) is 4.15. The lowest BCUT2D eigenvalue weighted by Crippen LogP contribution is -2.39. The van der Waals surface area contributed by atoms with Gasteiger partial charge in [-0.15, -0.1) is 0 Å². The molecule has 3 heteroatoms. The Bertz CT molecular complexity index is 429. The number of nitrogens with one attached hydrogen (secondary N) is 1. The first-order valence-electron chi connectivity index (χ1n) is 8.01. The Balaban J connectivity index is 1.54. The molecule has 2 aliphatic rings. The van der Waals surface area contributed by atoms with Crippen molar-refractivity contribution in [2.24, 2.45) is 5.92 Å². The van der Waals surface area contributed by atoms with Gasteiger partial charge >= 0.3 is 0 Å². The number of hydrogen-bond donors (Lipinski definition) is 1. The summed E-state index contributed by atoms with van der Waals surface area (Å²) in [5, 5.41) is 3.58. The molecule has 0 amide bonds. The van der Waals surface area contributed by atoms with Crippen molar-refractivity contribution in [3.63, 3.8) is 0 Å². The average molecular weight is 274 g/mol. The normalized spacial score (nSPS) is 25.5. The molecule has 1 N–H and O–H groups in total. The van der Waals surface area contributed by atoms with E-state index in [0.29, 0.717) is 12.0 Å². The van der Waals surface area contributed by atoms with E-state index >= 15 is 0 Å². The quantitative estimate of drug-likeness (QED) is 0.893. The lowest BCUT2D eigenvalue weighted by molar-refractivity contribution is 0.0698. The van der Waals surface area contributed by atoms with Gasteiger partial charge in [0.15, 0.2) is 0 Å². The fourth-order valence-corrected chi connectivity index (χ4v) is 3.41. The third-order valence-electron chi connectivity index (χ3n) is 4.56. The van der Waals surface area contributed by atoms with Gasteiger partial charge in [-0.3, -0.25) is 0 Å². The van der Waals surface area contributed by atoms with Gasteiger partial charge in [-0.2, -0.15) is 0 Å². The van der Waals surface area contributed by atoms with Crippen molar-refractivity contribution in [1.29, 1.82) is 0 Å². The molecule has 2 aliphatic heterocycles. The molecule has 0 aromatic heterocycles. The minimum absolute atomic E-state index is 0.471. The fourth-order valence-electron chi connectivity index (χ4n) is 3.41. The number of fused-ring (bicyclic) bond motifs is 1. The zero-order chi connectivity index (χ0) is 13.8. The molecule has 2 heterocycles. The van der Waals surface area contributed by atoms with Gasteiger partial charge in [0.1, 0.15) is 0 Å². The van der Waals surface area contributed by atoms with Gasteiger partial charge in [0, 0.05) is 31.9 Å². The molecule has 0 bridgehead atoms. The SMILES string of the molecule is CCN(CC1CNc2ccccc2C1)CC1CCCO1. The number of rotatable bonds is 5. The van der Waals surface area contributed by atoms with Gasteiger partial charge in [-0.05, 0) is 43.4 Å². The summed E-state index contributed by atoms with van der Waals surface area (Å²) in [6.45, 7) is 7.73. The topological polar surface area (TPSA) is 24.5 Å². The predicted octanol–water partition coefficient (Wildman–Crippen LogP) is 2.77. The lowest BCUT2D eigenvalue weighted by Gasteiger charge is -2.32. The van der Waals surface area contributed by atoms with E-state index in [4.69, 9.17) is 4.74 Å². The van der Waals surface area contributed by atoms with Crippen molar-refractivity contribution in [1.82, 2.24) is 4.90 Å². The van der Waals surface area contributed by atoms with Gasteiger partial charge in [-0.25, -0.2) is 0 Å². The van der Waals surface area contributed by atoms with Gasteiger partial charge in [0.2, 0.25) is 0 Å². The van der Waals surface area contributed by atoms with Crippen molar-refractivity contribution < 1.29 is 4.74 Å². The number of likely N-dealkylation sites (N-methyl/N-ethyl adjacent to an activating group) is 1. The third-order valence-corrected chi connectivity index (χ3v) is 4.56. The molecule has 0 radical (unpaired) electrons. The van der Waals surface area contributed by atoms with Crippen LogP contribution in [0, 0.1) is 5.92 Å². The van der Waals surface area contributed by atoms with Crippen LogP contribution in [0.2, 0.25) is 0 Å². The summed E-state index contributed by atoms with van der Waals surface area (Å²) in [4.78, 5) is 2.57. The Morgan fingerprint density at radius 3 is 3.00 bits per heavy atom. The first kappa shape index (κ1) is 13.9. The third kappa shape index (κ3) is 3.33. The first-order valence-corrected chi connectivity index (χ1v) is 8.01. The Morgan fingerprint density at radius 1 is 1.30 bits per heavy atom. The molecular weight excluding hydrogens is 248 g/mol. The largest absolute Gasteiger partial charge is 0.384 e. The molecule has 3 rings (SSSR count). The highest BCUT2D eigenvalue weighted by Crippen LogP contribution is 2.25. The van der Waals surface area contributed by atoms with Crippen molar-refractivity contribution in [3.05, 3.63) is 29.8 Å². The highest BCUT2D eigenvalue weighted by Gasteiger charge is 2.23. The molecule has 20 heavy (non-hydrogen) atoms. The number of ether oxygens (including phenoxy) is 1. The molecule has 2 unspecified atom stereocenters. The van der Waals surface area contributed by atoms with Crippen molar-refractivity contribution in [2.75, 3.05) is 38.1 Å². The molecule has 3 nitrogen and oxygen atoms in total. The summed E-state index contributed by atoms with van der Waals surface area (Å²) in [6, 6.07) is 8.70. The van der Waals surface area contributed by atoms with Crippen LogP contribution < -0.4 is 5.32 Å². The van der Waals surface area contributed by atoms with Crippen molar-refractivity contribution >= 4 is 5.69 Å². The molecule has 2 atom stereocenters. The van der Waals surface area contributed by atoms with E-state index in [1.807, 2.05) is 0 Å². The number of benzene rings is 1. The standard InChI is InChI=1S/C17H26N2O/c1-2-19(13-16-7-5-9-20-16)12-14-10-15-6-3-4-8-17(15)18-11-14/h3-4,6,8,14,16,18H,2,5,7,9-13H2,1H3. The van der Waals surface area contributed by atoms with E-state index in [9.17, 15) is 0 Å². The zero-order valence-corrected chi connectivity index (χ0v) is 12.5. The number of nitrogens with zero attached hydrogens (tertiary/aromatic N) is 1. The van der Waals surface area contributed by atoms with Crippen LogP contribution in [-0.4, -0.2) is 43.8 Å². The number of para-hydroxylation sites is 1. The maximum Gasteiger partial charge on any atom is 0.0702 e. The molecule has 1 aromatic rings. The van der Waals surface area contributed by atoms with Crippen molar-refractivity contribution in [2.45, 2.75) is 32.3 Å². The summed E-state index contributed by atoms with van der Waals surface area (Å²) < 4.78 is 5.77. The minimum atomic E-state index is 0.471. The lowest BCUT2D eigenvalue weighted by atomic mass is 9.93. The summed E-state index contributed by atoms with van der Waals surface area (Å²) in [5.41, 5.74) is 2.79. The highest BCUT2D eigenvalue weighted by atomic mass is 16.5. The summed E-state index contributed by atoms with van der Waals surface area (Å²) in [5.74, 6) is 0.714. The van der Waals surface area contributed by atoms with E-state index in [1.165, 1.54) is 37.1 Å². The minimum Gasteiger partial charge on any atom is -0.384 e. The molecule has 1 aromatic carbocycles. The van der Waals surface area contributed by atoms with Crippen LogP contribution in [0.4, 0.5) is 5.69 Å². The molecule has 0 saturated carbocycles. The van der Waals surface area contributed by atoms with Crippen LogP contribution in [-0.2, 0) is 11.2 Å². The zero-order valence-electron chi connectivity index (χ0n) is 12.5. The Labute approximate surface area is 122 Å².